The van der Waals surface area contributed by atoms with E-state index in [1.54, 1.807) is 6.07 Å². The van der Waals surface area contributed by atoms with Crippen LogP contribution in [0.4, 0.5) is 0 Å². The molecule has 0 saturated heterocycles. The van der Waals surface area contributed by atoms with Gasteiger partial charge in [0.05, 0.1) is 10.3 Å². The Kier molecular flexibility index (Phi) is 7.10. The van der Waals surface area contributed by atoms with Gasteiger partial charge in [-0.25, -0.2) is 17.7 Å². The molecule has 1 aliphatic carbocycles. The van der Waals surface area contributed by atoms with Gasteiger partial charge >= 0.3 is 0 Å². The second kappa shape index (κ2) is 8.71. The first-order chi connectivity index (χ1) is 12.1. The highest BCUT2D eigenvalue weighted by atomic mass is 32.2. The van der Waals surface area contributed by atoms with Gasteiger partial charge in [-0.15, -0.1) is 0 Å². The summed E-state index contributed by atoms with van der Waals surface area (Å²) >= 11 is 1.34. The lowest BCUT2D eigenvalue weighted by atomic mass is 9.78. The third-order valence-corrected chi connectivity index (χ3v) is 8.04. The molecular formula is C18H29N3O3S2. The molecule has 4 atom stereocenters. The molecule has 0 unspecified atom stereocenters. The largest absolute Gasteiger partial charge is 0.352 e. The quantitative estimate of drug-likeness (QED) is 0.744. The Hall–Kier alpha value is -1.12. The van der Waals surface area contributed by atoms with Crippen LogP contribution in [0.5, 0.6) is 0 Å². The Labute approximate surface area is 161 Å². The van der Waals surface area contributed by atoms with Crippen molar-refractivity contribution >= 4 is 27.7 Å². The van der Waals surface area contributed by atoms with E-state index in [1.807, 2.05) is 6.92 Å². The smallest absolute Gasteiger partial charge is 0.244 e. The van der Waals surface area contributed by atoms with Crippen molar-refractivity contribution < 1.29 is 13.2 Å². The minimum atomic E-state index is -3.49. The Morgan fingerprint density at radius 2 is 2.00 bits per heavy atom. The summed E-state index contributed by atoms with van der Waals surface area (Å²) in [4.78, 5) is 16.9. The van der Waals surface area contributed by atoms with Crippen LogP contribution in [0.3, 0.4) is 0 Å². The minimum Gasteiger partial charge on any atom is -0.352 e. The lowest BCUT2D eigenvalue weighted by Crippen LogP contribution is -2.46. The molecule has 26 heavy (non-hydrogen) atoms. The fourth-order valence-electron chi connectivity index (χ4n) is 3.12. The molecular weight excluding hydrogens is 370 g/mol. The normalized spacial score (nSPS) is 25.1. The number of carbonyl (C=O) groups excluding carboxylic acids is 1. The van der Waals surface area contributed by atoms with Crippen molar-refractivity contribution in [2.24, 2.45) is 11.8 Å². The number of amides is 1. The fraction of sp³-hybridized carbons (Fsp3) is 0.667. The van der Waals surface area contributed by atoms with Gasteiger partial charge in [0.2, 0.25) is 15.9 Å². The van der Waals surface area contributed by atoms with Crippen molar-refractivity contribution in [2.75, 3.05) is 14.1 Å². The Balaban J connectivity index is 1.96. The zero-order valence-corrected chi connectivity index (χ0v) is 17.7. The highest BCUT2D eigenvalue weighted by molar-refractivity contribution is 8.00. The molecule has 0 aromatic carbocycles. The maximum Gasteiger partial charge on any atom is 0.244 e. The predicted octanol–water partition coefficient (Wildman–Crippen LogP) is 2.75. The van der Waals surface area contributed by atoms with E-state index in [4.69, 9.17) is 0 Å². The number of hydrogen-bond donors (Lipinski definition) is 1. The molecule has 1 N–H and O–H groups in total. The van der Waals surface area contributed by atoms with Gasteiger partial charge in [-0.2, -0.15) is 0 Å². The monoisotopic (exact) mass is 399 g/mol. The number of hydrogen-bond acceptors (Lipinski definition) is 5. The van der Waals surface area contributed by atoms with Crippen LogP contribution in [0.1, 0.15) is 40.0 Å². The van der Waals surface area contributed by atoms with Crippen molar-refractivity contribution in [3.8, 4) is 0 Å². The fourth-order valence-corrected chi connectivity index (χ4v) is 4.77. The van der Waals surface area contributed by atoms with Gasteiger partial charge in [-0.3, -0.25) is 4.79 Å². The number of rotatable bonds is 6. The van der Waals surface area contributed by atoms with E-state index in [0.29, 0.717) is 16.9 Å². The first-order valence-electron chi connectivity index (χ1n) is 8.98. The lowest BCUT2D eigenvalue weighted by molar-refractivity contribution is -0.121. The first-order valence-corrected chi connectivity index (χ1v) is 11.3. The second-order valence-corrected chi connectivity index (χ2v) is 10.8. The van der Waals surface area contributed by atoms with Gasteiger partial charge in [-0.05, 0) is 37.3 Å². The van der Waals surface area contributed by atoms with Crippen LogP contribution < -0.4 is 5.32 Å². The third kappa shape index (κ3) is 4.98. The van der Waals surface area contributed by atoms with E-state index in [0.717, 1.165) is 17.1 Å². The summed E-state index contributed by atoms with van der Waals surface area (Å²) < 4.78 is 25.3. The van der Waals surface area contributed by atoms with E-state index in [-0.39, 0.29) is 22.1 Å². The SMILES string of the molecule is C[C@@H]1[C@H](C)CCC[C@H]1NC(=O)[C@@H](C)Sc1ccc(S(=O)(=O)N(C)C)cn1. The zero-order valence-electron chi connectivity index (χ0n) is 16.1. The van der Waals surface area contributed by atoms with Crippen LogP contribution in [-0.2, 0) is 14.8 Å². The number of nitrogens with one attached hydrogen (secondary N) is 1. The molecule has 1 aromatic heterocycles. The van der Waals surface area contributed by atoms with Gasteiger partial charge in [-0.1, -0.05) is 38.5 Å². The third-order valence-electron chi connectivity index (χ3n) is 5.19. The summed E-state index contributed by atoms with van der Waals surface area (Å²) in [6, 6.07) is 3.41. The lowest BCUT2D eigenvalue weighted by Gasteiger charge is -2.35. The summed E-state index contributed by atoms with van der Waals surface area (Å²) in [7, 11) is -0.519. The maximum atomic E-state index is 12.5. The number of thioether (sulfide) groups is 1. The van der Waals surface area contributed by atoms with E-state index < -0.39 is 10.0 Å². The molecule has 1 amide bonds. The molecule has 0 radical (unpaired) electrons. The molecule has 146 valence electrons. The van der Waals surface area contributed by atoms with Crippen LogP contribution in [0.25, 0.3) is 0 Å². The number of nitrogens with zero attached hydrogens (tertiary/aromatic N) is 2. The van der Waals surface area contributed by atoms with Gasteiger partial charge in [0.15, 0.2) is 0 Å². The maximum absolute atomic E-state index is 12.5. The van der Waals surface area contributed by atoms with Gasteiger partial charge in [0, 0.05) is 26.3 Å². The molecule has 8 heteroatoms. The van der Waals surface area contributed by atoms with E-state index in [9.17, 15) is 13.2 Å². The molecule has 1 fully saturated rings. The molecule has 0 bridgehead atoms. The van der Waals surface area contributed by atoms with Crippen LogP contribution in [0.2, 0.25) is 0 Å². The van der Waals surface area contributed by atoms with Crippen LogP contribution in [-0.4, -0.2) is 49.0 Å². The highest BCUT2D eigenvalue weighted by Crippen LogP contribution is 2.30. The summed E-state index contributed by atoms with van der Waals surface area (Å²) in [6.07, 6.45) is 4.75. The Morgan fingerprint density at radius 1 is 1.31 bits per heavy atom. The molecule has 1 heterocycles. The van der Waals surface area contributed by atoms with Crippen molar-refractivity contribution in [3.05, 3.63) is 18.3 Å². The molecule has 0 aliphatic heterocycles. The zero-order chi connectivity index (χ0) is 19.5. The number of pyridine rings is 1. The average molecular weight is 400 g/mol. The summed E-state index contributed by atoms with van der Waals surface area (Å²) in [5.74, 6) is 1.12. The Bertz CT molecular complexity index is 720. The molecule has 1 aromatic rings. The van der Waals surface area contributed by atoms with Crippen LogP contribution in [0, 0.1) is 11.8 Å². The van der Waals surface area contributed by atoms with Crippen molar-refractivity contribution in [1.82, 2.24) is 14.6 Å². The average Bonchev–Trinajstić information content (AvgIpc) is 2.59. The number of aromatic nitrogens is 1. The van der Waals surface area contributed by atoms with E-state index in [2.05, 4.69) is 24.1 Å². The second-order valence-electron chi connectivity index (χ2n) is 7.26. The van der Waals surface area contributed by atoms with Gasteiger partial charge in [0.25, 0.3) is 0 Å². The van der Waals surface area contributed by atoms with Crippen molar-refractivity contribution in [1.29, 1.82) is 0 Å². The Morgan fingerprint density at radius 3 is 2.58 bits per heavy atom. The summed E-state index contributed by atoms with van der Waals surface area (Å²) in [5, 5.41) is 3.53. The van der Waals surface area contributed by atoms with Crippen molar-refractivity contribution in [2.45, 2.75) is 61.2 Å². The highest BCUT2D eigenvalue weighted by Gasteiger charge is 2.29. The molecule has 2 rings (SSSR count). The van der Waals surface area contributed by atoms with Crippen LogP contribution in [0.15, 0.2) is 28.3 Å². The van der Waals surface area contributed by atoms with E-state index in [1.165, 1.54) is 44.5 Å². The molecule has 0 spiro atoms. The predicted molar refractivity (Wildman–Crippen MR) is 105 cm³/mol. The topological polar surface area (TPSA) is 79.4 Å². The van der Waals surface area contributed by atoms with Crippen LogP contribution >= 0.6 is 11.8 Å². The minimum absolute atomic E-state index is 0.00717. The molecule has 6 nitrogen and oxygen atoms in total. The summed E-state index contributed by atoms with van der Waals surface area (Å²) in [5.41, 5.74) is 0. The molecule has 1 saturated carbocycles. The van der Waals surface area contributed by atoms with E-state index >= 15 is 0 Å². The van der Waals surface area contributed by atoms with Gasteiger partial charge in [0.1, 0.15) is 4.90 Å². The summed E-state index contributed by atoms with van der Waals surface area (Å²) in [6.45, 7) is 6.30. The first kappa shape index (κ1) is 21.2. The number of carbonyl (C=O) groups is 1. The van der Waals surface area contributed by atoms with Gasteiger partial charge < -0.3 is 5.32 Å². The number of sulfonamides is 1. The molecule has 1 aliphatic rings. The van der Waals surface area contributed by atoms with Crippen molar-refractivity contribution in [3.63, 3.8) is 0 Å². The standard InChI is InChI=1S/C18H29N3O3S2/c1-12-7-6-8-16(13(12)2)20-18(22)14(3)25-17-10-9-15(11-19-17)26(23,24)21(4)5/h9-14,16H,6-8H2,1-5H3,(H,20,22)/t12-,13-,14-,16-/m1/s1.